The number of hydrogen-bond donors (Lipinski definition) is 1. The van der Waals surface area contributed by atoms with E-state index in [0.29, 0.717) is 30.3 Å². The van der Waals surface area contributed by atoms with Crippen LogP contribution in [-0.2, 0) is 0 Å². The predicted molar refractivity (Wildman–Crippen MR) is 92.2 cm³/mol. The van der Waals surface area contributed by atoms with Crippen LogP contribution in [0.4, 0.5) is 5.95 Å². The van der Waals surface area contributed by atoms with Gasteiger partial charge in [-0.2, -0.15) is 0 Å². The van der Waals surface area contributed by atoms with E-state index in [1.165, 1.54) is 19.3 Å². The van der Waals surface area contributed by atoms with E-state index in [0.717, 1.165) is 13.1 Å². The lowest BCUT2D eigenvalue weighted by atomic mass is 10.1. The molecule has 0 bridgehead atoms. The number of carbonyl (C=O) groups is 1. The third-order valence-electron chi connectivity index (χ3n) is 5.00. The average Bonchev–Trinajstić information content (AvgIpc) is 2.96. The highest BCUT2D eigenvalue weighted by atomic mass is 16.3. The Balaban J connectivity index is 1.71. The van der Waals surface area contributed by atoms with E-state index in [9.17, 15) is 9.90 Å². The van der Waals surface area contributed by atoms with Gasteiger partial charge >= 0.3 is 0 Å². The maximum Gasteiger partial charge on any atom is 0.257 e. The van der Waals surface area contributed by atoms with Crippen LogP contribution < -0.4 is 4.90 Å². The molecule has 2 saturated heterocycles. The molecule has 2 atom stereocenters. The first kappa shape index (κ1) is 17.1. The Hall–Kier alpha value is -1.73. The summed E-state index contributed by atoms with van der Waals surface area (Å²) < 4.78 is 0. The van der Waals surface area contributed by atoms with E-state index in [-0.39, 0.29) is 11.9 Å². The van der Waals surface area contributed by atoms with Crippen LogP contribution in [-0.4, -0.2) is 83.2 Å². The van der Waals surface area contributed by atoms with Gasteiger partial charge in [-0.3, -0.25) is 9.69 Å². The number of aryl methyl sites for hydroxylation is 1. The molecule has 0 unspecified atom stereocenters. The number of hydrogen-bond acceptors (Lipinski definition) is 6. The SMILES string of the molecule is Cc1nc(N(C)C)ncc1C(=O)N1C[C@H](O)[C@@H](N2CCCCC2)C1. The topological polar surface area (TPSA) is 72.8 Å². The summed E-state index contributed by atoms with van der Waals surface area (Å²) in [6.07, 6.45) is 4.73. The summed E-state index contributed by atoms with van der Waals surface area (Å²) in [7, 11) is 3.74. The first-order valence-corrected chi connectivity index (χ1v) is 8.69. The molecule has 7 heteroatoms. The highest BCUT2D eigenvalue weighted by Crippen LogP contribution is 2.23. The molecule has 7 nitrogen and oxygen atoms in total. The lowest BCUT2D eigenvalue weighted by molar-refractivity contribution is 0.0702. The molecule has 1 N–H and O–H groups in total. The van der Waals surface area contributed by atoms with Crippen molar-refractivity contribution in [2.75, 3.05) is 45.2 Å². The normalized spacial score (nSPS) is 25.1. The van der Waals surface area contributed by atoms with Crippen LogP contribution in [0, 0.1) is 6.92 Å². The Morgan fingerprint density at radius 1 is 1.25 bits per heavy atom. The number of rotatable bonds is 3. The molecule has 0 radical (unpaired) electrons. The van der Waals surface area contributed by atoms with Crippen molar-refractivity contribution in [1.29, 1.82) is 0 Å². The van der Waals surface area contributed by atoms with Gasteiger partial charge in [0, 0.05) is 33.4 Å². The first-order chi connectivity index (χ1) is 11.5. The molecule has 132 valence electrons. The van der Waals surface area contributed by atoms with Gasteiger partial charge in [0.25, 0.3) is 5.91 Å². The highest BCUT2D eigenvalue weighted by Gasteiger charge is 2.38. The molecule has 2 aliphatic rings. The molecule has 24 heavy (non-hydrogen) atoms. The monoisotopic (exact) mass is 333 g/mol. The van der Waals surface area contributed by atoms with Crippen LogP contribution in [0.5, 0.6) is 0 Å². The Morgan fingerprint density at radius 2 is 1.96 bits per heavy atom. The third-order valence-corrected chi connectivity index (χ3v) is 5.00. The molecule has 2 fully saturated rings. The zero-order valence-electron chi connectivity index (χ0n) is 14.8. The molecule has 1 aromatic heterocycles. The minimum absolute atomic E-state index is 0.0523. The number of amides is 1. The van der Waals surface area contributed by atoms with Crippen LogP contribution in [0.1, 0.15) is 35.3 Å². The van der Waals surface area contributed by atoms with Gasteiger partial charge in [0.15, 0.2) is 0 Å². The Labute approximate surface area is 143 Å². The summed E-state index contributed by atoms with van der Waals surface area (Å²) in [6, 6.07) is 0.0523. The molecule has 1 amide bonds. The Bertz CT molecular complexity index is 601. The van der Waals surface area contributed by atoms with Gasteiger partial charge in [0.2, 0.25) is 5.95 Å². The lowest BCUT2D eigenvalue weighted by Crippen LogP contribution is -2.46. The second-order valence-electron chi connectivity index (χ2n) is 7.00. The van der Waals surface area contributed by atoms with E-state index < -0.39 is 6.10 Å². The number of carbonyl (C=O) groups excluding carboxylic acids is 1. The molecule has 1 aromatic rings. The summed E-state index contributed by atoms with van der Waals surface area (Å²) in [5.41, 5.74) is 1.20. The molecular weight excluding hydrogens is 306 g/mol. The summed E-state index contributed by atoms with van der Waals surface area (Å²) in [5, 5.41) is 10.4. The largest absolute Gasteiger partial charge is 0.390 e. The average molecular weight is 333 g/mol. The van der Waals surface area contributed by atoms with Gasteiger partial charge in [0.05, 0.1) is 23.4 Å². The van der Waals surface area contributed by atoms with Gasteiger partial charge in [-0.25, -0.2) is 9.97 Å². The molecular formula is C17H27N5O2. The summed E-state index contributed by atoms with van der Waals surface area (Å²) >= 11 is 0. The van der Waals surface area contributed by atoms with Gasteiger partial charge in [-0.1, -0.05) is 6.42 Å². The van der Waals surface area contributed by atoms with Gasteiger partial charge in [0.1, 0.15) is 0 Å². The minimum Gasteiger partial charge on any atom is -0.390 e. The van der Waals surface area contributed by atoms with Crippen LogP contribution in [0.25, 0.3) is 0 Å². The van der Waals surface area contributed by atoms with E-state index >= 15 is 0 Å². The van der Waals surface area contributed by atoms with E-state index in [1.54, 1.807) is 11.1 Å². The van der Waals surface area contributed by atoms with Crippen molar-refractivity contribution in [2.45, 2.75) is 38.3 Å². The van der Waals surface area contributed by atoms with Crippen LogP contribution in [0.2, 0.25) is 0 Å². The predicted octanol–water partition coefficient (Wildman–Crippen LogP) is 0.522. The number of aliphatic hydroxyl groups excluding tert-OH is 1. The maximum atomic E-state index is 12.8. The van der Waals surface area contributed by atoms with Crippen molar-refractivity contribution in [3.8, 4) is 0 Å². The van der Waals surface area contributed by atoms with Crippen LogP contribution in [0.3, 0.4) is 0 Å². The van der Waals surface area contributed by atoms with Crippen molar-refractivity contribution in [2.24, 2.45) is 0 Å². The molecule has 0 aromatic carbocycles. The second kappa shape index (κ2) is 7.03. The van der Waals surface area contributed by atoms with Gasteiger partial charge in [-0.05, 0) is 32.9 Å². The summed E-state index contributed by atoms with van der Waals surface area (Å²) in [5.74, 6) is 0.507. The van der Waals surface area contributed by atoms with Crippen molar-refractivity contribution in [1.82, 2.24) is 19.8 Å². The van der Waals surface area contributed by atoms with Crippen molar-refractivity contribution in [3.63, 3.8) is 0 Å². The van der Waals surface area contributed by atoms with E-state index in [4.69, 9.17) is 0 Å². The smallest absolute Gasteiger partial charge is 0.257 e. The second-order valence-corrected chi connectivity index (χ2v) is 7.00. The zero-order valence-corrected chi connectivity index (χ0v) is 14.8. The molecule has 3 heterocycles. The van der Waals surface area contributed by atoms with Crippen LogP contribution >= 0.6 is 0 Å². The van der Waals surface area contributed by atoms with Crippen molar-refractivity contribution in [3.05, 3.63) is 17.5 Å². The van der Waals surface area contributed by atoms with Crippen molar-refractivity contribution < 1.29 is 9.90 Å². The van der Waals surface area contributed by atoms with Crippen molar-refractivity contribution >= 4 is 11.9 Å². The fraction of sp³-hybridized carbons (Fsp3) is 0.706. The quantitative estimate of drug-likeness (QED) is 0.869. The summed E-state index contributed by atoms with van der Waals surface area (Å²) in [6.45, 7) is 4.83. The number of likely N-dealkylation sites (tertiary alicyclic amines) is 2. The van der Waals surface area contributed by atoms with E-state index in [1.807, 2.05) is 25.9 Å². The fourth-order valence-electron chi connectivity index (χ4n) is 3.59. The third kappa shape index (κ3) is 3.37. The number of aromatic nitrogens is 2. The molecule has 0 aliphatic carbocycles. The number of nitrogens with zero attached hydrogens (tertiary/aromatic N) is 5. The van der Waals surface area contributed by atoms with Gasteiger partial charge in [-0.15, -0.1) is 0 Å². The number of piperidine rings is 1. The van der Waals surface area contributed by atoms with Gasteiger partial charge < -0.3 is 14.9 Å². The number of β-amino-alcohol motifs (C(OH)–C–C–N with tert-alkyl or cyclic N) is 1. The number of aliphatic hydroxyl groups is 1. The Kier molecular flexibility index (Phi) is 5.01. The lowest BCUT2D eigenvalue weighted by Gasteiger charge is -2.33. The van der Waals surface area contributed by atoms with Crippen LogP contribution in [0.15, 0.2) is 6.20 Å². The zero-order chi connectivity index (χ0) is 17.3. The highest BCUT2D eigenvalue weighted by molar-refractivity contribution is 5.95. The Morgan fingerprint density at radius 3 is 2.58 bits per heavy atom. The summed E-state index contributed by atoms with van der Waals surface area (Å²) in [4.78, 5) is 27.4. The molecule has 2 aliphatic heterocycles. The molecule has 0 spiro atoms. The first-order valence-electron chi connectivity index (χ1n) is 8.69. The number of anilines is 1. The maximum absolute atomic E-state index is 12.8. The standard InChI is InChI=1S/C17H27N5O2/c1-12-13(9-18-17(19-12)20(2)3)16(24)22-10-14(15(23)11-22)21-7-5-4-6-8-21/h9,14-15,23H,4-8,10-11H2,1-3H3/t14-,15-/m0/s1. The molecule has 0 saturated carbocycles. The van der Waals surface area contributed by atoms with E-state index in [2.05, 4.69) is 14.9 Å². The molecule has 3 rings (SSSR count). The minimum atomic E-state index is -0.477. The fourth-order valence-corrected chi connectivity index (χ4v) is 3.59.